The number of rotatable bonds is 8. The van der Waals surface area contributed by atoms with Crippen molar-refractivity contribution >= 4 is 28.9 Å². The van der Waals surface area contributed by atoms with E-state index in [9.17, 15) is 5.11 Å². The standard InChI is InChI=1S/C22H21Cl2NO2/c23-18-11-12-22(21(24)13-18)27-16-20(26)15-25(19-9-5-2-6-10-19)14-17-7-3-1-4-8-17/h1-13,20,26H,14-16H2/t20-/m1/s1. The first-order chi connectivity index (χ1) is 13.1. The zero-order valence-corrected chi connectivity index (χ0v) is 16.3. The average molecular weight is 402 g/mol. The molecule has 0 aliphatic rings. The van der Waals surface area contributed by atoms with Crippen LogP contribution in [0.1, 0.15) is 5.56 Å². The molecule has 140 valence electrons. The molecule has 3 aromatic rings. The molecule has 0 amide bonds. The molecule has 0 fully saturated rings. The number of aliphatic hydroxyl groups excluding tert-OH is 1. The lowest BCUT2D eigenvalue weighted by Gasteiger charge is -2.27. The highest BCUT2D eigenvalue weighted by Crippen LogP contribution is 2.27. The van der Waals surface area contributed by atoms with E-state index in [1.54, 1.807) is 18.2 Å². The fourth-order valence-electron chi connectivity index (χ4n) is 2.79. The van der Waals surface area contributed by atoms with Gasteiger partial charge in [-0.2, -0.15) is 0 Å². The normalized spacial score (nSPS) is 11.8. The van der Waals surface area contributed by atoms with Crippen LogP contribution in [0.3, 0.4) is 0 Å². The van der Waals surface area contributed by atoms with E-state index in [-0.39, 0.29) is 6.61 Å². The molecule has 0 bridgehead atoms. The van der Waals surface area contributed by atoms with Gasteiger partial charge < -0.3 is 14.7 Å². The second-order valence-electron chi connectivity index (χ2n) is 6.24. The van der Waals surface area contributed by atoms with E-state index in [1.807, 2.05) is 48.5 Å². The van der Waals surface area contributed by atoms with Gasteiger partial charge in [0, 0.05) is 23.8 Å². The number of hydrogen-bond acceptors (Lipinski definition) is 3. The van der Waals surface area contributed by atoms with Crippen LogP contribution in [0.15, 0.2) is 78.9 Å². The van der Waals surface area contributed by atoms with E-state index in [0.29, 0.717) is 28.9 Å². The maximum absolute atomic E-state index is 10.5. The molecule has 3 aromatic carbocycles. The summed E-state index contributed by atoms with van der Waals surface area (Å²) in [6.45, 7) is 1.27. The Labute approximate surface area is 169 Å². The van der Waals surface area contributed by atoms with Crippen LogP contribution >= 0.6 is 23.2 Å². The summed E-state index contributed by atoms with van der Waals surface area (Å²) in [7, 11) is 0. The molecule has 0 heterocycles. The molecule has 0 radical (unpaired) electrons. The molecule has 0 saturated carbocycles. The van der Waals surface area contributed by atoms with Crippen molar-refractivity contribution in [3.8, 4) is 5.75 Å². The van der Waals surface area contributed by atoms with Crippen molar-refractivity contribution in [3.05, 3.63) is 94.5 Å². The van der Waals surface area contributed by atoms with Gasteiger partial charge in [-0.25, -0.2) is 0 Å². The number of hydrogen-bond donors (Lipinski definition) is 1. The van der Waals surface area contributed by atoms with Crippen molar-refractivity contribution in [2.24, 2.45) is 0 Å². The van der Waals surface area contributed by atoms with Crippen LogP contribution in [-0.4, -0.2) is 24.4 Å². The Morgan fingerprint density at radius 2 is 1.56 bits per heavy atom. The maximum Gasteiger partial charge on any atom is 0.138 e. The lowest BCUT2D eigenvalue weighted by atomic mass is 10.2. The minimum absolute atomic E-state index is 0.138. The molecule has 0 unspecified atom stereocenters. The third-order valence-corrected chi connectivity index (χ3v) is 4.62. The van der Waals surface area contributed by atoms with Crippen LogP contribution in [0.5, 0.6) is 5.75 Å². The Balaban J connectivity index is 1.65. The fraction of sp³-hybridized carbons (Fsp3) is 0.182. The van der Waals surface area contributed by atoms with Crippen molar-refractivity contribution in [2.45, 2.75) is 12.6 Å². The monoisotopic (exact) mass is 401 g/mol. The topological polar surface area (TPSA) is 32.7 Å². The van der Waals surface area contributed by atoms with E-state index >= 15 is 0 Å². The van der Waals surface area contributed by atoms with Gasteiger partial charge in [-0.05, 0) is 35.9 Å². The summed E-state index contributed by atoms with van der Waals surface area (Å²) in [5.41, 5.74) is 2.22. The maximum atomic E-state index is 10.5. The van der Waals surface area contributed by atoms with Crippen molar-refractivity contribution in [2.75, 3.05) is 18.1 Å². The third kappa shape index (κ3) is 5.90. The van der Waals surface area contributed by atoms with Gasteiger partial charge in [0.15, 0.2) is 0 Å². The number of para-hydroxylation sites is 1. The molecule has 3 nitrogen and oxygen atoms in total. The highest BCUT2D eigenvalue weighted by atomic mass is 35.5. The van der Waals surface area contributed by atoms with Gasteiger partial charge in [0.25, 0.3) is 0 Å². The largest absolute Gasteiger partial charge is 0.489 e. The summed E-state index contributed by atoms with van der Waals surface area (Å²) in [5, 5.41) is 11.5. The highest BCUT2D eigenvalue weighted by molar-refractivity contribution is 6.35. The molecule has 0 saturated heterocycles. The number of anilines is 1. The van der Waals surface area contributed by atoms with Crippen LogP contribution < -0.4 is 9.64 Å². The first kappa shape index (κ1) is 19.6. The van der Waals surface area contributed by atoms with Crippen LogP contribution in [0.4, 0.5) is 5.69 Å². The Morgan fingerprint density at radius 1 is 0.889 bits per heavy atom. The zero-order chi connectivity index (χ0) is 19.1. The molecule has 27 heavy (non-hydrogen) atoms. The Kier molecular flexibility index (Phi) is 6.99. The summed E-state index contributed by atoms with van der Waals surface area (Å²) in [5.74, 6) is 0.509. The lowest BCUT2D eigenvalue weighted by Crippen LogP contribution is -2.35. The van der Waals surface area contributed by atoms with E-state index < -0.39 is 6.10 Å². The second-order valence-corrected chi connectivity index (χ2v) is 7.08. The van der Waals surface area contributed by atoms with Crippen molar-refractivity contribution in [3.63, 3.8) is 0 Å². The molecule has 0 aliphatic carbocycles. The summed E-state index contributed by atoms with van der Waals surface area (Å²) in [4.78, 5) is 2.13. The highest BCUT2D eigenvalue weighted by Gasteiger charge is 2.14. The molecular formula is C22H21Cl2NO2. The Morgan fingerprint density at radius 3 is 2.22 bits per heavy atom. The third-order valence-electron chi connectivity index (χ3n) is 4.09. The smallest absolute Gasteiger partial charge is 0.138 e. The number of nitrogens with zero attached hydrogens (tertiary/aromatic N) is 1. The Bertz CT molecular complexity index is 843. The molecule has 0 aliphatic heterocycles. The Hall–Kier alpha value is -2.20. The van der Waals surface area contributed by atoms with E-state index in [0.717, 1.165) is 5.69 Å². The first-order valence-corrected chi connectivity index (χ1v) is 9.47. The van der Waals surface area contributed by atoms with Crippen molar-refractivity contribution < 1.29 is 9.84 Å². The van der Waals surface area contributed by atoms with Gasteiger partial charge >= 0.3 is 0 Å². The van der Waals surface area contributed by atoms with Crippen LogP contribution in [0.2, 0.25) is 10.0 Å². The summed E-state index contributed by atoms with van der Waals surface area (Å²) >= 11 is 12.0. The van der Waals surface area contributed by atoms with Gasteiger partial charge in [0.1, 0.15) is 18.5 Å². The van der Waals surface area contributed by atoms with Gasteiger partial charge in [-0.3, -0.25) is 0 Å². The predicted octanol–water partition coefficient (Wildman–Crippen LogP) is 5.44. The lowest BCUT2D eigenvalue weighted by molar-refractivity contribution is 0.112. The predicted molar refractivity (Wildman–Crippen MR) is 112 cm³/mol. The fourth-order valence-corrected chi connectivity index (χ4v) is 3.25. The van der Waals surface area contributed by atoms with Crippen LogP contribution in [0, 0.1) is 0 Å². The van der Waals surface area contributed by atoms with Crippen molar-refractivity contribution in [1.82, 2.24) is 0 Å². The summed E-state index contributed by atoms with van der Waals surface area (Å²) in [6.07, 6.45) is -0.680. The molecule has 1 atom stereocenters. The van der Waals surface area contributed by atoms with Gasteiger partial charge in [-0.1, -0.05) is 71.7 Å². The second kappa shape index (κ2) is 9.65. The van der Waals surface area contributed by atoms with E-state index in [4.69, 9.17) is 27.9 Å². The average Bonchev–Trinajstić information content (AvgIpc) is 2.68. The summed E-state index contributed by atoms with van der Waals surface area (Å²) < 4.78 is 5.67. The number of aliphatic hydroxyl groups is 1. The van der Waals surface area contributed by atoms with Crippen LogP contribution in [0.25, 0.3) is 0 Å². The van der Waals surface area contributed by atoms with Crippen molar-refractivity contribution in [1.29, 1.82) is 0 Å². The SMILES string of the molecule is O[C@@H](COc1ccc(Cl)cc1Cl)CN(Cc1ccccc1)c1ccccc1. The van der Waals surface area contributed by atoms with E-state index in [1.165, 1.54) is 5.56 Å². The quantitative estimate of drug-likeness (QED) is 0.545. The van der Waals surface area contributed by atoms with Gasteiger partial charge in [0.2, 0.25) is 0 Å². The zero-order valence-electron chi connectivity index (χ0n) is 14.8. The molecule has 3 rings (SSSR count). The molecule has 0 spiro atoms. The number of halogens is 2. The number of benzene rings is 3. The van der Waals surface area contributed by atoms with Gasteiger partial charge in [-0.15, -0.1) is 0 Å². The molecular weight excluding hydrogens is 381 g/mol. The molecule has 0 aromatic heterocycles. The molecule has 1 N–H and O–H groups in total. The number of ether oxygens (including phenoxy) is 1. The summed E-state index contributed by atoms with van der Waals surface area (Å²) in [6, 6.07) is 25.2. The van der Waals surface area contributed by atoms with Crippen LogP contribution in [-0.2, 0) is 6.54 Å². The minimum Gasteiger partial charge on any atom is -0.489 e. The first-order valence-electron chi connectivity index (χ1n) is 8.71. The molecule has 5 heteroatoms. The minimum atomic E-state index is -0.680. The van der Waals surface area contributed by atoms with E-state index in [2.05, 4.69) is 17.0 Å². The van der Waals surface area contributed by atoms with Gasteiger partial charge in [0.05, 0.1) is 5.02 Å².